The van der Waals surface area contributed by atoms with Crippen LogP contribution in [0.15, 0.2) is 0 Å². The largest absolute Gasteiger partial charge is 0.412 e. The molecule has 0 rings (SSSR count). The molecule has 0 unspecified atom stereocenters. The van der Waals surface area contributed by atoms with E-state index in [1.807, 2.05) is 0 Å². The van der Waals surface area contributed by atoms with Crippen LogP contribution >= 0.6 is 0 Å². The van der Waals surface area contributed by atoms with Crippen LogP contribution in [0, 0.1) is 0 Å². The first-order valence-electron chi connectivity index (χ1n) is 0. The van der Waals surface area contributed by atoms with Crippen molar-refractivity contribution in [2.45, 2.75) is 0 Å². The van der Waals surface area contributed by atoms with Crippen molar-refractivity contribution in [2.24, 2.45) is 0 Å². The summed E-state index contributed by atoms with van der Waals surface area (Å²) in [6.07, 6.45) is 0. The zero-order valence-electron chi connectivity index (χ0n) is 3.19. The molecule has 0 saturated heterocycles. The first-order chi connectivity index (χ1) is 0. The van der Waals surface area contributed by atoms with Crippen molar-refractivity contribution in [3.8, 4) is 0 Å². The van der Waals surface area contributed by atoms with Gasteiger partial charge in [0.05, 0.1) is 0 Å². The molecule has 0 aliphatic carbocycles. The van der Waals surface area contributed by atoms with Gasteiger partial charge < -0.3 is 11.0 Å². The predicted molar refractivity (Wildman–Crippen MR) is 7.23 cm³/mol. The molecule has 0 aliphatic rings. The average Bonchev–Trinajstić information content (AvgIpc) is 0. The molecule has 7 heteroatoms. The van der Waals surface area contributed by atoms with Crippen LogP contribution in [0.1, 0.15) is 0 Å². The van der Waals surface area contributed by atoms with Gasteiger partial charge in [-0.3, -0.25) is 0 Å². The molecule has 0 spiro atoms. The summed E-state index contributed by atoms with van der Waals surface area (Å²) in [6.45, 7) is 0. The Labute approximate surface area is 99.0 Å². The third kappa shape index (κ3) is 53.8. The van der Waals surface area contributed by atoms with Gasteiger partial charge in [0.1, 0.15) is 0 Å². The molecule has 4 N–H and O–H groups in total. The molecule has 0 fully saturated rings. The molecule has 0 aromatic heterocycles. The first kappa shape index (κ1) is 101. The van der Waals surface area contributed by atoms with Crippen molar-refractivity contribution in [2.75, 3.05) is 0 Å². The van der Waals surface area contributed by atoms with Crippen molar-refractivity contribution < 1.29 is 100 Å². The van der Waals surface area contributed by atoms with Crippen molar-refractivity contribution in [3.05, 3.63) is 0 Å². The Morgan fingerprint density at radius 2 is 0.857 bits per heavy atom. The Hall–Kier alpha value is 2.69. The average molecular weight is 327 g/mol. The molecule has 0 atom stereocenters. The van der Waals surface area contributed by atoms with Gasteiger partial charge in [0.15, 0.2) is 0 Å². The molecule has 0 aromatic rings. The molecule has 0 aromatic carbocycles. The summed E-state index contributed by atoms with van der Waals surface area (Å²) >= 11 is 0. The third-order valence-electron chi connectivity index (χ3n) is 0. The molecule has 0 bridgehead atoms. The van der Waals surface area contributed by atoms with Crippen molar-refractivity contribution in [1.29, 1.82) is 0 Å². The van der Waals surface area contributed by atoms with Gasteiger partial charge in [0.25, 0.3) is 0 Å². The van der Waals surface area contributed by atoms with Crippen LogP contribution in [0.2, 0.25) is 0 Å². The van der Waals surface area contributed by atoms with Crippen LogP contribution < -0.4 is 0 Å². The van der Waals surface area contributed by atoms with Gasteiger partial charge in [0.2, 0.25) is 0 Å². The minimum absolute atomic E-state index is 0. The van der Waals surface area contributed by atoms with E-state index < -0.39 is 0 Å². The van der Waals surface area contributed by atoms with E-state index in [2.05, 4.69) is 0 Å². The first-order valence-corrected chi connectivity index (χ1v) is 0. The predicted octanol–water partition coefficient (Wildman–Crippen LogP) is -1.66. The summed E-state index contributed by atoms with van der Waals surface area (Å²) in [4.78, 5) is 0. The Balaban J connectivity index is 0. The number of hydrogen-bond donors (Lipinski definition) is 0. The van der Waals surface area contributed by atoms with E-state index in [9.17, 15) is 0 Å². The van der Waals surface area contributed by atoms with Gasteiger partial charge in [-0.2, -0.15) is 0 Å². The maximum Gasteiger partial charge on any atom is 0 e. The van der Waals surface area contributed by atoms with E-state index in [-0.39, 0.29) is 100 Å². The van der Waals surface area contributed by atoms with E-state index >= 15 is 0 Å². The molecule has 0 saturated carbocycles. The third-order valence-corrected chi connectivity index (χ3v) is 0. The van der Waals surface area contributed by atoms with Crippen LogP contribution in [-0.2, 0) is 89.2 Å². The van der Waals surface area contributed by atoms with Crippen LogP contribution in [0.5, 0.6) is 0 Å². The molecular formula is H4CuFeMnO2VZn. The fourth-order valence-electron chi connectivity index (χ4n) is 0. The molecule has 0 heterocycles. The maximum absolute atomic E-state index is 0. The molecule has 3 radical (unpaired) electrons. The minimum Gasteiger partial charge on any atom is -0.412 e. The molecule has 0 aliphatic heterocycles. The molecular weight excluding hydrogens is 323 g/mol. The van der Waals surface area contributed by atoms with Gasteiger partial charge in [-0.15, -0.1) is 0 Å². The summed E-state index contributed by atoms with van der Waals surface area (Å²) in [6, 6.07) is 0. The Morgan fingerprint density at radius 1 is 0.857 bits per heavy atom. The van der Waals surface area contributed by atoms with E-state index in [4.69, 9.17) is 0 Å². The smallest absolute Gasteiger partial charge is 0 e. The Morgan fingerprint density at radius 3 is 0.857 bits per heavy atom. The van der Waals surface area contributed by atoms with E-state index in [1.54, 1.807) is 0 Å². The maximum atomic E-state index is 0. The summed E-state index contributed by atoms with van der Waals surface area (Å²) < 4.78 is 0. The standard InChI is InChI=1S/Cu.Fe.Mn.2H2O.V.Zn/h;;;2*1H2;;. The van der Waals surface area contributed by atoms with Crippen molar-refractivity contribution in [3.63, 3.8) is 0 Å². The fourth-order valence-corrected chi connectivity index (χ4v) is 0. The van der Waals surface area contributed by atoms with Gasteiger partial charge in [-0.25, -0.2) is 0 Å². The second kappa shape index (κ2) is 71.1. The normalized spacial score (nSPS) is 0. The monoisotopic (exact) mass is 325 g/mol. The number of hydrogen-bond acceptors (Lipinski definition) is 0. The second-order valence-corrected chi connectivity index (χ2v) is 0. The molecule has 0 amide bonds. The molecule has 7 heavy (non-hydrogen) atoms. The van der Waals surface area contributed by atoms with Crippen LogP contribution in [0.25, 0.3) is 0 Å². The second-order valence-electron chi connectivity index (χ2n) is 0. The zero-order chi connectivity index (χ0) is 0. The summed E-state index contributed by atoms with van der Waals surface area (Å²) in [7, 11) is 0. The topological polar surface area (TPSA) is 63.0 Å². The SMILES string of the molecule is O.O.[Cu].[Fe].[Mn].[V].[Zn]. The van der Waals surface area contributed by atoms with Crippen molar-refractivity contribution >= 4 is 0 Å². The van der Waals surface area contributed by atoms with Crippen molar-refractivity contribution in [1.82, 2.24) is 0 Å². The van der Waals surface area contributed by atoms with Crippen LogP contribution in [0.4, 0.5) is 0 Å². The summed E-state index contributed by atoms with van der Waals surface area (Å²) in [5, 5.41) is 0. The Bertz CT molecular complexity index is 17.7. The van der Waals surface area contributed by atoms with Gasteiger partial charge >= 0.3 is 0 Å². The van der Waals surface area contributed by atoms with Gasteiger partial charge in [-0.1, -0.05) is 0 Å². The molecule has 2 nitrogen and oxygen atoms in total. The van der Waals surface area contributed by atoms with Crippen LogP contribution in [-0.4, -0.2) is 11.0 Å². The Kier molecular flexibility index (Phi) is 1030. The zero-order valence-corrected chi connectivity index (χ0v) is 10.8. The minimum atomic E-state index is 0. The van der Waals surface area contributed by atoms with E-state index in [0.29, 0.717) is 0 Å². The van der Waals surface area contributed by atoms with E-state index in [0.717, 1.165) is 0 Å². The van der Waals surface area contributed by atoms with Gasteiger partial charge in [0, 0.05) is 89.2 Å². The summed E-state index contributed by atoms with van der Waals surface area (Å²) in [5.74, 6) is 0. The number of rotatable bonds is 0. The van der Waals surface area contributed by atoms with Gasteiger partial charge in [-0.05, 0) is 0 Å². The quantitative estimate of drug-likeness (QED) is 0.478. The summed E-state index contributed by atoms with van der Waals surface area (Å²) in [5.41, 5.74) is 0. The molecule has 49 valence electrons. The fraction of sp³-hybridized carbons (Fsp3) is 0. The van der Waals surface area contributed by atoms with E-state index in [1.165, 1.54) is 0 Å². The van der Waals surface area contributed by atoms with Crippen LogP contribution in [0.3, 0.4) is 0 Å².